The molecule has 76 valence electrons. The number of hydrogen-bond acceptors (Lipinski definition) is 3. The van der Waals surface area contributed by atoms with Gasteiger partial charge in [0.2, 0.25) is 5.91 Å². The molecule has 1 aromatic heterocycles. The van der Waals surface area contributed by atoms with Crippen molar-refractivity contribution < 1.29 is 4.79 Å². The average Bonchev–Trinajstić information content (AvgIpc) is 2.70. The molecule has 0 fully saturated rings. The number of carbonyl (C=O) groups excluding carboxylic acids is 1. The number of rotatable bonds is 2. The lowest BCUT2D eigenvalue weighted by Gasteiger charge is -2.08. The van der Waals surface area contributed by atoms with E-state index in [2.05, 4.69) is 10.2 Å². The molecule has 0 unspecified atom stereocenters. The number of nitrogens with zero attached hydrogens (tertiary/aromatic N) is 3. The molecular weight excluding hydrogens is 192 g/mol. The second-order valence-electron chi connectivity index (χ2n) is 3.18. The summed E-state index contributed by atoms with van der Waals surface area (Å²) in [5, 5.41) is 7.42. The largest absolute Gasteiger partial charge is 0.366 e. The van der Waals surface area contributed by atoms with E-state index in [1.54, 1.807) is 29.4 Å². The van der Waals surface area contributed by atoms with Crippen LogP contribution in [0.15, 0.2) is 30.9 Å². The van der Waals surface area contributed by atoms with E-state index in [0.29, 0.717) is 5.56 Å². The van der Waals surface area contributed by atoms with E-state index >= 15 is 0 Å². The number of aromatic nitrogens is 3. The van der Waals surface area contributed by atoms with Crippen molar-refractivity contribution in [3.8, 4) is 5.69 Å². The SMILES string of the molecule is Cc1c(C(N)=O)cccc1-n1cnnc1. The molecule has 0 radical (unpaired) electrons. The summed E-state index contributed by atoms with van der Waals surface area (Å²) in [6.07, 6.45) is 3.15. The van der Waals surface area contributed by atoms with Crippen LogP contribution in [0.3, 0.4) is 0 Å². The highest BCUT2D eigenvalue weighted by atomic mass is 16.1. The molecule has 0 aliphatic rings. The molecule has 5 heteroatoms. The molecule has 1 amide bonds. The van der Waals surface area contributed by atoms with Crippen molar-refractivity contribution in [3.05, 3.63) is 42.0 Å². The molecule has 2 N–H and O–H groups in total. The molecule has 0 atom stereocenters. The predicted octanol–water partition coefficient (Wildman–Crippen LogP) is 0.675. The molecule has 15 heavy (non-hydrogen) atoms. The van der Waals surface area contributed by atoms with Crippen LogP contribution in [0.25, 0.3) is 5.69 Å². The summed E-state index contributed by atoms with van der Waals surface area (Å²) >= 11 is 0. The van der Waals surface area contributed by atoms with E-state index in [1.807, 2.05) is 13.0 Å². The minimum atomic E-state index is -0.428. The van der Waals surface area contributed by atoms with E-state index < -0.39 is 5.91 Å². The summed E-state index contributed by atoms with van der Waals surface area (Å²) in [6, 6.07) is 5.36. The molecule has 1 aromatic carbocycles. The van der Waals surface area contributed by atoms with E-state index in [-0.39, 0.29) is 0 Å². The Morgan fingerprint density at radius 1 is 1.33 bits per heavy atom. The summed E-state index contributed by atoms with van der Waals surface area (Å²) in [6.45, 7) is 1.84. The van der Waals surface area contributed by atoms with E-state index in [4.69, 9.17) is 5.73 Å². The fourth-order valence-corrected chi connectivity index (χ4v) is 1.50. The fourth-order valence-electron chi connectivity index (χ4n) is 1.50. The summed E-state index contributed by atoms with van der Waals surface area (Å²) in [5.74, 6) is -0.428. The van der Waals surface area contributed by atoms with Crippen LogP contribution in [0.4, 0.5) is 0 Å². The van der Waals surface area contributed by atoms with Gasteiger partial charge in [0.05, 0.1) is 5.69 Å². The summed E-state index contributed by atoms with van der Waals surface area (Å²) < 4.78 is 1.74. The van der Waals surface area contributed by atoms with Crippen molar-refractivity contribution in [3.63, 3.8) is 0 Å². The lowest BCUT2D eigenvalue weighted by atomic mass is 10.1. The molecule has 0 aliphatic carbocycles. The molecular formula is C10H10N4O. The van der Waals surface area contributed by atoms with Crippen molar-refractivity contribution in [2.45, 2.75) is 6.92 Å². The zero-order valence-electron chi connectivity index (χ0n) is 8.21. The van der Waals surface area contributed by atoms with Crippen molar-refractivity contribution >= 4 is 5.91 Å². The van der Waals surface area contributed by atoms with Gasteiger partial charge in [-0.25, -0.2) is 0 Å². The highest BCUT2D eigenvalue weighted by Gasteiger charge is 2.09. The van der Waals surface area contributed by atoms with E-state index in [1.165, 1.54) is 0 Å². The lowest BCUT2D eigenvalue weighted by molar-refractivity contribution is 0.0999. The molecule has 2 rings (SSSR count). The molecule has 0 saturated heterocycles. The van der Waals surface area contributed by atoms with Gasteiger partial charge in [0.25, 0.3) is 0 Å². The molecule has 0 saturated carbocycles. The standard InChI is InChI=1S/C10H10N4O/c1-7-8(10(11)15)3-2-4-9(7)14-5-12-13-6-14/h2-6H,1H3,(H2,11,15). The minimum absolute atomic E-state index is 0.428. The van der Waals surface area contributed by atoms with Gasteiger partial charge in [-0.05, 0) is 24.6 Å². The minimum Gasteiger partial charge on any atom is -0.366 e. The maximum atomic E-state index is 11.1. The van der Waals surface area contributed by atoms with Gasteiger partial charge in [-0.1, -0.05) is 6.07 Å². The Morgan fingerprint density at radius 3 is 2.60 bits per heavy atom. The summed E-state index contributed by atoms with van der Waals surface area (Å²) in [7, 11) is 0. The maximum absolute atomic E-state index is 11.1. The number of amides is 1. The van der Waals surface area contributed by atoms with Gasteiger partial charge in [0.15, 0.2) is 0 Å². The maximum Gasteiger partial charge on any atom is 0.249 e. The Hall–Kier alpha value is -2.17. The summed E-state index contributed by atoms with van der Waals surface area (Å²) in [5.41, 5.74) is 7.45. The number of hydrogen-bond donors (Lipinski definition) is 1. The Kier molecular flexibility index (Phi) is 2.21. The Labute approximate surface area is 86.5 Å². The monoisotopic (exact) mass is 202 g/mol. The number of primary amides is 1. The smallest absolute Gasteiger partial charge is 0.249 e. The van der Waals surface area contributed by atoms with Gasteiger partial charge in [-0.3, -0.25) is 9.36 Å². The second kappa shape index (κ2) is 3.53. The number of benzene rings is 1. The number of carbonyl (C=O) groups is 1. The Morgan fingerprint density at radius 2 is 2.00 bits per heavy atom. The topological polar surface area (TPSA) is 73.8 Å². The molecule has 0 spiro atoms. The van der Waals surface area contributed by atoms with Gasteiger partial charge in [0, 0.05) is 5.56 Å². The van der Waals surface area contributed by atoms with Crippen LogP contribution in [-0.4, -0.2) is 20.7 Å². The second-order valence-corrected chi connectivity index (χ2v) is 3.18. The first kappa shape index (κ1) is 9.39. The van der Waals surface area contributed by atoms with Crippen LogP contribution in [0.2, 0.25) is 0 Å². The van der Waals surface area contributed by atoms with Gasteiger partial charge in [-0.2, -0.15) is 0 Å². The first-order valence-electron chi connectivity index (χ1n) is 4.44. The molecule has 5 nitrogen and oxygen atoms in total. The zero-order chi connectivity index (χ0) is 10.8. The van der Waals surface area contributed by atoms with Gasteiger partial charge in [0.1, 0.15) is 12.7 Å². The first-order valence-corrected chi connectivity index (χ1v) is 4.44. The van der Waals surface area contributed by atoms with Gasteiger partial charge in [-0.15, -0.1) is 10.2 Å². The van der Waals surface area contributed by atoms with E-state index in [9.17, 15) is 4.79 Å². The van der Waals surface area contributed by atoms with E-state index in [0.717, 1.165) is 11.3 Å². The third kappa shape index (κ3) is 1.59. The van der Waals surface area contributed by atoms with Crippen LogP contribution in [-0.2, 0) is 0 Å². The van der Waals surface area contributed by atoms with Crippen molar-refractivity contribution in [2.75, 3.05) is 0 Å². The first-order chi connectivity index (χ1) is 7.20. The molecule has 0 aliphatic heterocycles. The summed E-state index contributed by atoms with van der Waals surface area (Å²) in [4.78, 5) is 11.1. The van der Waals surface area contributed by atoms with Crippen molar-refractivity contribution in [2.24, 2.45) is 5.73 Å². The van der Waals surface area contributed by atoms with Crippen LogP contribution >= 0.6 is 0 Å². The van der Waals surface area contributed by atoms with Crippen LogP contribution in [0, 0.1) is 6.92 Å². The van der Waals surface area contributed by atoms with Gasteiger partial charge < -0.3 is 5.73 Å². The fraction of sp³-hybridized carbons (Fsp3) is 0.100. The Bertz CT molecular complexity index is 490. The van der Waals surface area contributed by atoms with Gasteiger partial charge >= 0.3 is 0 Å². The van der Waals surface area contributed by atoms with Crippen LogP contribution < -0.4 is 5.73 Å². The Balaban J connectivity index is 2.59. The zero-order valence-corrected chi connectivity index (χ0v) is 8.21. The third-order valence-electron chi connectivity index (χ3n) is 2.27. The van der Waals surface area contributed by atoms with Crippen LogP contribution in [0.5, 0.6) is 0 Å². The molecule has 2 aromatic rings. The predicted molar refractivity (Wildman–Crippen MR) is 54.6 cm³/mol. The quantitative estimate of drug-likeness (QED) is 0.778. The molecule has 0 bridgehead atoms. The normalized spacial score (nSPS) is 10.2. The van der Waals surface area contributed by atoms with Crippen molar-refractivity contribution in [1.29, 1.82) is 0 Å². The lowest BCUT2D eigenvalue weighted by Crippen LogP contribution is -2.13. The molecule has 1 heterocycles. The number of nitrogens with two attached hydrogens (primary N) is 1. The third-order valence-corrected chi connectivity index (χ3v) is 2.27. The van der Waals surface area contributed by atoms with Crippen molar-refractivity contribution in [1.82, 2.24) is 14.8 Å². The highest BCUT2D eigenvalue weighted by molar-refractivity contribution is 5.95. The highest BCUT2D eigenvalue weighted by Crippen LogP contribution is 2.16. The van der Waals surface area contributed by atoms with Crippen LogP contribution in [0.1, 0.15) is 15.9 Å². The average molecular weight is 202 g/mol.